The summed E-state index contributed by atoms with van der Waals surface area (Å²) in [4.78, 5) is 0. The average Bonchev–Trinajstić information content (AvgIpc) is 1.41. The van der Waals surface area contributed by atoms with Crippen LogP contribution in [0.25, 0.3) is 0 Å². The van der Waals surface area contributed by atoms with Crippen LogP contribution in [-0.4, -0.2) is 6.01 Å². The summed E-state index contributed by atoms with van der Waals surface area (Å²) in [6, 6.07) is 1.92. The Bertz CT molecular complexity index is 52.0. The first-order valence-electron chi connectivity index (χ1n) is 0.964. The highest BCUT2D eigenvalue weighted by Gasteiger charge is 1.33. The fourth-order valence-electron chi connectivity index (χ4n) is 0.0333. The van der Waals surface area contributed by atoms with Crippen LogP contribution >= 0.6 is 0 Å². The lowest BCUT2D eigenvalue weighted by atomic mass is 11.5. The smallest absolute Gasteiger partial charge is 0.138 e. The first-order valence-corrected chi connectivity index (χ1v) is 0.964. The first-order chi connectivity index (χ1) is 2.41. The molecule has 0 amide bonds. The molecule has 0 unspecified atom stereocenters. The molecule has 0 aromatic rings. The van der Waals surface area contributed by atoms with E-state index in [-0.39, 0.29) is 0 Å². The molecule has 0 rings (SSSR count). The third-order valence-corrected chi connectivity index (χ3v) is 0.115. The van der Waals surface area contributed by atoms with Gasteiger partial charge in [-0.15, -0.1) is 10.2 Å². The van der Waals surface area contributed by atoms with Crippen LogP contribution in [0, 0.1) is 0 Å². The van der Waals surface area contributed by atoms with Gasteiger partial charge in [0.25, 0.3) is 0 Å². The summed E-state index contributed by atoms with van der Waals surface area (Å²) >= 11 is 0. The van der Waals surface area contributed by atoms with Gasteiger partial charge in [0.15, 0.2) is 0 Å². The molecule has 0 aliphatic heterocycles. The monoisotopic (exact) mass is 72.0 g/mol. The highest BCUT2D eigenvalue weighted by Crippen LogP contribution is 1.27. The maximum absolute atomic E-state index is 4.48. The number of hydrazone groups is 2. The van der Waals surface area contributed by atoms with Gasteiger partial charge in [-0.05, 0) is 0 Å². The fourth-order valence-corrected chi connectivity index (χ4v) is 0.0333. The van der Waals surface area contributed by atoms with E-state index >= 15 is 0 Å². The Kier molecular flexibility index (Phi) is 2.37. The predicted octanol–water partition coefficient (Wildman–Crippen LogP) is -1.09. The molecule has 0 fully saturated rings. The Balaban J connectivity index is 3.26. The lowest BCUT2D eigenvalue weighted by Gasteiger charge is -1.53. The van der Waals surface area contributed by atoms with Crippen LogP contribution in [0.4, 0.5) is 0 Å². The maximum Gasteiger partial charge on any atom is 0.138 e. The predicted molar refractivity (Wildman–Crippen MR) is 18.2 cm³/mol. The third kappa shape index (κ3) is 2.98. The van der Waals surface area contributed by atoms with Gasteiger partial charge >= 0.3 is 0 Å². The lowest BCUT2D eigenvalue weighted by Crippen LogP contribution is -1.78. The Morgan fingerprint density at radius 2 is 1.60 bits per heavy atom. The SMILES string of the molecule is NN=C=NN. The van der Waals surface area contributed by atoms with Crippen molar-refractivity contribution in [3.63, 3.8) is 0 Å². The summed E-state index contributed by atoms with van der Waals surface area (Å²) in [5, 5.41) is 5.62. The van der Waals surface area contributed by atoms with Crippen LogP contribution in [0.5, 0.6) is 0 Å². The summed E-state index contributed by atoms with van der Waals surface area (Å²) in [5.74, 6) is 8.96. The molecule has 28 valence electrons. The molecular weight excluding hydrogens is 68.0 g/mol. The number of hydrogen-bond acceptors (Lipinski definition) is 4. The van der Waals surface area contributed by atoms with Gasteiger partial charge in [-0.2, -0.15) is 0 Å². The van der Waals surface area contributed by atoms with E-state index < -0.39 is 0 Å². The van der Waals surface area contributed by atoms with Gasteiger partial charge in [-0.1, -0.05) is 0 Å². The topological polar surface area (TPSA) is 76.8 Å². The quantitative estimate of drug-likeness (QED) is 0.216. The van der Waals surface area contributed by atoms with E-state index in [1.165, 1.54) is 0 Å². The Labute approximate surface area is 29.1 Å². The summed E-state index contributed by atoms with van der Waals surface area (Å²) in [6.45, 7) is 0. The van der Waals surface area contributed by atoms with Crippen molar-refractivity contribution >= 4 is 6.01 Å². The second kappa shape index (κ2) is 2.98. The third-order valence-electron chi connectivity index (χ3n) is 0.115. The van der Waals surface area contributed by atoms with Crippen molar-refractivity contribution in [1.82, 2.24) is 0 Å². The maximum atomic E-state index is 4.48. The van der Waals surface area contributed by atoms with Gasteiger partial charge < -0.3 is 11.7 Å². The van der Waals surface area contributed by atoms with Crippen molar-refractivity contribution in [2.24, 2.45) is 21.9 Å². The fraction of sp³-hybridized carbons (Fsp3) is 0. The molecule has 0 atom stereocenters. The van der Waals surface area contributed by atoms with Gasteiger partial charge in [0.1, 0.15) is 6.01 Å². The zero-order valence-electron chi connectivity index (χ0n) is 2.55. The molecule has 0 aromatic carbocycles. The molecule has 0 spiro atoms. The van der Waals surface area contributed by atoms with Gasteiger partial charge in [-0.25, -0.2) is 0 Å². The van der Waals surface area contributed by atoms with Crippen LogP contribution < -0.4 is 11.7 Å². The molecule has 4 nitrogen and oxygen atoms in total. The van der Waals surface area contributed by atoms with Crippen LogP contribution in [-0.2, 0) is 0 Å². The van der Waals surface area contributed by atoms with E-state index in [9.17, 15) is 0 Å². The number of nitrogens with two attached hydrogens (primary N) is 2. The highest BCUT2D eigenvalue weighted by molar-refractivity contribution is 5.39. The average molecular weight is 72.1 g/mol. The molecule has 0 aromatic heterocycles. The second-order valence-electron chi connectivity index (χ2n) is 0.358. The normalized spacial score (nSPS) is 4.80. The van der Waals surface area contributed by atoms with E-state index in [1.807, 2.05) is 6.01 Å². The number of nitrogens with zero attached hydrogens (tertiary/aromatic N) is 2. The van der Waals surface area contributed by atoms with Crippen LogP contribution in [0.3, 0.4) is 0 Å². The molecular formula is CH4N4. The molecule has 5 heavy (non-hydrogen) atoms. The molecule has 0 radical (unpaired) electrons. The molecule has 0 aliphatic rings. The minimum Gasteiger partial charge on any atom is -0.314 e. The zero-order valence-corrected chi connectivity index (χ0v) is 2.55. The highest BCUT2D eigenvalue weighted by atomic mass is 15.2. The summed E-state index contributed by atoms with van der Waals surface area (Å²) in [6.07, 6.45) is 0. The second-order valence-corrected chi connectivity index (χ2v) is 0.358. The molecule has 0 saturated carbocycles. The van der Waals surface area contributed by atoms with Crippen molar-refractivity contribution in [2.75, 3.05) is 0 Å². The Morgan fingerprint density at radius 3 is 1.60 bits per heavy atom. The molecule has 4 heteroatoms. The van der Waals surface area contributed by atoms with Crippen LogP contribution in [0.15, 0.2) is 10.2 Å². The number of hydrogen-bond donors (Lipinski definition) is 2. The van der Waals surface area contributed by atoms with Crippen molar-refractivity contribution < 1.29 is 0 Å². The van der Waals surface area contributed by atoms with Gasteiger partial charge in [0, 0.05) is 0 Å². The molecule has 4 N–H and O–H groups in total. The number of rotatable bonds is 0. The van der Waals surface area contributed by atoms with Crippen molar-refractivity contribution in [2.45, 2.75) is 0 Å². The summed E-state index contributed by atoms with van der Waals surface area (Å²) < 4.78 is 0. The Morgan fingerprint density at radius 1 is 1.20 bits per heavy atom. The molecule has 0 saturated heterocycles. The van der Waals surface area contributed by atoms with Gasteiger partial charge in [0.2, 0.25) is 0 Å². The van der Waals surface area contributed by atoms with Gasteiger partial charge in [-0.3, -0.25) is 0 Å². The van der Waals surface area contributed by atoms with E-state index in [1.54, 1.807) is 0 Å². The van der Waals surface area contributed by atoms with Crippen molar-refractivity contribution in [1.29, 1.82) is 0 Å². The molecule has 0 heterocycles. The van der Waals surface area contributed by atoms with Crippen LogP contribution in [0.1, 0.15) is 0 Å². The summed E-state index contributed by atoms with van der Waals surface area (Å²) in [5.41, 5.74) is 0. The summed E-state index contributed by atoms with van der Waals surface area (Å²) in [7, 11) is 0. The van der Waals surface area contributed by atoms with E-state index in [4.69, 9.17) is 0 Å². The minimum absolute atomic E-state index is 1.92. The Hall–Kier alpha value is -1.02. The van der Waals surface area contributed by atoms with E-state index in [0.29, 0.717) is 0 Å². The van der Waals surface area contributed by atoms with Gasteiger partial charge in [0.05, 0.1) is 0 Å². The van der Waals surface area contributed by atoms with Crippen LogP contribution in [0.2, 0.25) is 0 Å². The van der Waals surface area contributed by atoms with E-state index in [0.717, 1.165) is 0 Å². The molecule has 0 aliphatic carbocycles. The largest absolute Gasteiger partial charge is 0.314 e. The lowest BCUT2D eigenvalue weighted by molar-refractivity contribution is 1.21. The minimum atomic E-state index is 1.92. The molecule has 0 bridgehead atoms. The first kappa shape index (κ1) is 3.98. The van der Waals surface area contributed by atoms with E-state index in [2.05, 4.69) is 21.9 Å². The van der Waals surface area contributed by atoms with Crippen molar-refractivity contribution in [3.05, 3.63) is 0 Å². The van der Waals surface area contributed by atoms with Crippen molar-refractivity contribution in [3.8, 4) is 0 Å². The standard InChI is InChI=1S/CH4N4/c2-4-1-5-3/h2-3H2. The zero-order chi connectivity index (χ0) is 4.12.